The first-order valence-electron chi connectivity index (χ1n) is 3.86. The van der Waals surface area contributed by atoms with Crippen molar-refractivity contribution in [2.75, 3.05) is 6.54 Å². The number of nitro benzene ring substituents is 1. The van der Waals surface area contributed by atoms with Crippen LogP contribution < -0.4 is 5.73 Å². The number of nitrogens with zero attached hydrogens (tertiary/aromatic N) is 1. The van der Waals surface area contributed by atoms with Gasteiger partial charge in [0, 0.05) is 6.07 Å². The fourth-order valence-electron chi connectivity index (χ4n) is 0.649. The number of hydrogen-bond acceptors (Lipinski definition) is 4. The molecule has 1 rings (SSSR count). The molecule has 0 aliphatic carbocycles. The number of nitrogens with two attached hydrogens (primary N) is 1. The fourth-order valence-corrected chi connectivity index (χ4v) is 0.844. The van der Waals surface area contributed by atoms with Gasteiger partial charge in [-0.3, -0.25) is 10.1 Å². The minimum absolute atomic E-state index is 0.225. The molecule has 0 unspecified atom stereocenters. The lowest BCUT2D eigenvalue weighted by Gasteiger charge is -1.95. The molecule has 0 bridgehead atoms. The number of phenols is 1. The lowest BCUT2D eigenvalue weighted by Crippen LogP contribution is -1.87. The van der Waals surface area contributed by atoms with Crippen LogP contribution in [0.3, 0.4) is 0 Å². The van der Waals surface area contributed by atoms with E-state index in [0.29, 0.717) is 0 Å². The SMILES string of the molecule is CCN.O=[N+]([O-])c1cccc(O)c1Cl. The van der Waals surface area contributed by atoms with E-state index in [1.165, 1.54) is 18.2 Å². The van der Waals surface area contributed by atoms with E-state index in [-0.39, 0.29) is 16.5 Å². The van der Waals surface area contributed by atoms with Crippen LogP contribution in [-0.2, 0) is 0 Å². The van der Waals surface area contributed by atoms with Gasteiger partial charge < -0.3 is 10.8 Å². The monoisotopic (exact) mass is 218 g/mol. The average molecular weight is 219 g/mol. The molecular formula is C8H11ClN2O3. The zero-order valence-corrected chi connectivity index (χ0v) is 8.36. The van der Waals surface area contributed by atoms with Gasteiger partial charge in [0.05, 0.1) is 4.92 Å². The largest absolute Gasteiger partial charge is 0.506 e. The summed E-state index contributed by atoms with van der Waals surface area (Å²) in [7, 11) is 0. The van der Waals surface area contributed by atoms with Crippen molar-refractivity contribution >= 4 is 17.3 Å². The van der Waals surface area contributed by atoms with Gasteiger partial charge in [-0.1, -0.05) is 24.6 Å². The summed E-state index contributed by atoms with van der Waals surface area (Å²) >= 11 is 5.40. The van der Waals surface area contributed by atoms with Crippen molar-refractivity contribution in [3.05, 3.63) is 33.3 Å². The minimum atomic E-state index is -0.651. The van der Waals surface area contributed by atoms with Crippen LogP contribution in [0.15, 0.2) is 18.2 Å². The maximum absolute atomic E-state index is 10.2. The first-order valence-corrected chi connectivity index (χ1v) is 4.24. The molecule has 0 heterocycles. The van der Waals surface area contributed by atoms with Crippen molar-refractivity contribution in [1.82, 2.24) is 0 Å². The Hall–Kier alpha value is -1.33. The first-order chi connectivity index (χ1) is 6.54. The highest BCUT2D eigenvalue weighted by atomic mass is 35.5. The molecule has 0 spiro atoms. The van der Waals surface area contributed by atoms with Gasteiger partial charge in [0.25, 0.3) is 5.69 Å². The molecule has 78 valence electrons. The lowest BCUT2D eigenvalue weighted by molar-refractivity contribution is -0.384. The Morgan fingerprint density at radius 1 is 1.64 bits per heavy atom. The molecule has 0 saturated carbocycles. The van der Waals surface area contributed by atoms with Crippen molar-refractivity contribution in [3.8, 4) is 5.75 Å². The first kappa shape index (κ1) is 12.7. The highest BCUT2D eigenvalue weighted by molar-refractivity contribution is 6.34. The normalized spacial score (nSPS) is 8.79. The third kappa shape index (κ3) is 3.59. The number of nitro groups is 1. The number of aromatic hydroxyl groups is 1. The number of halogens is 1. The number of benzene rings is 1. The Kier molecular flexibility index (Phi) is 5.59. The second-order valence-electron chi connectivity index (χ2n) is 2.28. The van der Waals surface area contributed by atoms with Crippen LogP contribution in [0.5, 0.6) is 5.75 Å². The van der Waals surface area contributed by atoms with E-state index >= 15 is 0 Å². The lowest BCUT2D eigenvalue weighted by atomic mass is 10.3. The maximum Gasteiger partial charge on any atom is 0.291 e. The molecule has 3 N–H and O–H groups in total. The minimum Gasteiger partial charge on any atom is -0.506 e. The average Bonchev–Trinajstić information content (AvgIpc) is 2.10. The third-order valence-electron chi connectivity index (χ3n) is 1.15. The van der Waals surface area contributed by atoms with Crippen molar-refractivity contribution in [1.29, 1.82) is 0 Å². The summed E-state index contributed by atoms with van der Waals surface area (Å²) in [6, 6.07) is 3.87. The molecule has 14 heavy (non-hydrogen) atoms. The Labute approximate surface area is 86.3 Å². The van der Waals surface area contributed by atoms with Gasteiger partial charge in [0.1, 0.15) is 5.75 Å². The maximum atomic E-state index is 10.2. The molecule has 0 atom stereocenters. The van der Waals surface area contributed by atoms with E-state index in [9.17, 15) is 10.1 Å². The van der Waals surface area contributed by atoms with E-state index in [4.69, 9.17) is 22.4 Å². The predicted molar refractivity (Wildman–Crippen MR) is 54.5 cm³/mol. The van der Waals surface area contributed by atoms with Crippen molar-refractivity contribution in [2.45, 2.75) is 6.92 Å². The van der Waals surface area contributed by atoms with Gasteiger partial charge in [-0.2, -0.15) is 0 Å². The van der Waals surface area contributed by atoms with E-state index in [1.54, 1.807) is 0 Å². The second kappa shape index (κ2) is 6.17. The van der Waals surface area contributed by atoms with Crippen LogP contribution in [-0.4, -0.2) is 16.6 Å². The molecule has 0 amide bonds. The molecule has 0 aliphatic rings. The van der Waals surface area contributed by atoms with Crippen molar-refractivity contribution in [2.24, 2.45) is 5.73 Å². The van der Waals surface area contributed by atoms with Gasteiger partial charge >= 0.3 is 0 Å². The van der Waals surface area contributed by atoms with Crippen LogP contribution in [0.25, 0.3) is 0 Å². The molecule has 1 aromatic rings. The molecule has 1 aromatic carbocycles. The summed E-state index contributed by atoms with van der Waals surface area (Å²) in [6.45, 7) is 2.65. The van der Waals surface area contributed by atoms with E-state index < -0.39 is 4.92 Å². The van der Waals surface area contributed by atoms with Gasteiger partial charge in [0.15, 0.2) is 5.02 Å². The number of rotatable bonds is 1. The molecule has 0 aliphatic heterocycles. The Morgan fingerprint density at radius 3 is 2.50 bits per heavy atom. The highest BCUT2D eigenvalue weighted by Crippen LogP contribution is 2.31. The highest BCUT2D eigenvalue weighted by Gasteiger charge is 2.13. The van der Waals surface area contributed by atoms with Gasteiger partial charge in [-0.05, 0) is 12.6 Å². The Bertz CT molecular complexity index is 317. The molecule has 0 aromatic heterocycles. The molecular weight excluding hydrogens is 208 g/mol. The summed E-state index contributed by atoms with van der Waals surface area (Å²) in [5.41, 5.74) is 4.56. The third-order valence-corrected chi connectivity index (χ3v) is 1.54. The summed E-state index contributed by atoms with van der Waals surface area (Å²) in [4.78, 5) is 9.53. The molecule has 0 fully saturated rings. The Balaban J connectivity index is 0.000000500. The smallest absolute Gasteiger partial charge is 0.291 e. The standard InChI is InChI=1S/C6H4ClNO3.C2H7N/c7-6-4(8(10)11)2-1-3-5(6)9;1-2-3/h1-3,9H;2-3H2,1H3. The number of phenolic OH excluding ortho intramolecular Hbond substituents is 1. The van der Waals surface area contributed by atoms with Crippen LogP contribution in [0, 0.1) is 10.1 Å². The zero-order chi connectivity index (χ0) is 11.1. The van der Waals surface area contributed by atoms with Crippen LogP contribution in [0.1, 0.15) is 6.92 Å². The van der Waals surface area contributed by atoms with Gasteiger partial charge in [-0.15, -0.1) is 0 Å². The molecule has 5 nitrogen and oxygen atoms in total. The van der Waals surface area contributed by atoms with E-state index in [0.717, 1.165) is 6.54 Å². The molecule has 0 radical (unpaired) electrons. The van der Waals surface area contributed by atoms with Gasteiger partial charge in [0.2, 0.25) is 0 Å². The number of hydrogen-bond donors (Lipinski definition) is 2. The fraction of sp³-hybridized carbons (Fsp3) is 0.250. The summed E-state index contributed by atoms with van der Waals surface area (Å²) in [5, 5.41) is 18.9. The van der Waals surface area contributed by atoms with Crippen LogP contribution >= 0.6 is 11.6 Å². The van der Waals surface area contributed by atoms with Crippen LogP contribution in [0.4, 0.5) is 5.69 Å². The summed E-state index contributed by atoms with van der Waals surface area (Å²) in [6.07, 6.45) is 0. The Morgan fingerprint density at radius 2 is 2.14 bits per heavy atom. The quantitative estimate of drug-likeness (QED) is 0.557. The van der Waals surface area contributed by atoms with Crippen molar-refractivity contribution < 1.29 is 10.0 Å². The summed E-state index contributed by atoms with van der Waals surface area (Å²) in [5.74, 6) is -0.277. The molecule has 0 saturated heterocycles. The zero-order valence-electron chi connectivity index (χ0n) is 7.61. The molecule has 6 heteroatoms. The second-order valence-corrected chi connectivity index (χ2v) is 2.65. The topological polar surface area (TPSA) is 89.4 Å². The predicted octanol–water partition coefficient (Wildman–Crippen LogP) is 1.92. The summed E-state index contributed by atoms with van der Waals surface area (Å²) < 4.78 is 0. The van der Waals surface area contributed by atoms with Gasteiger partial charge in [-0.25, -0.2) is 0 Å². The van der Waals surface area contributed by atoms with E-state index in [1.807, 2.05) is 6.92 Å². The van der Waals surface area contributed by atoms with E-state index in [2.05, 4.69) is 0 Å². The van der Waals surface area contributed by atoms with Crippen LogP contribution in [0.2, 0.25) is 5.02 Å². The van der Waals surface area contributed by atoms with Crippen molar-refractivity contribution in [3.63, 3.8) is 0 Å².